The molecule has 1 spiro atoms. The van der Waals surface area contributed by atoms with Gasteiger partial charge in [0.05, 0.1) is 26.7 Å². The Labute approximate surface area is 179 Å². The molecule has 1 aromatic heterocycles. The van der Waals surface area contributed by atoms with Gasteiger partial charge in [0.15, 0.2) is 5.78 Å². The lowest BCUT2D eigenvalue weighted by molar-refractivity contribution is -0.125. The van der Waals surface area contributed by atoms with Crippen LogP contribution in [0.5, 0.6) is 0 Å². The molecule has 149 valence electrons. The van der Waals surface area contributed by atoms with Crippen molar-refractivity contribution >= 4 is 46.3 Å². The number of hydrogen-bond donors (Lipinski definition) is 2. The van der Waals surface area contributed by atoms with E-state index in [2.05, 4.69) is 21.7 Å². The van der Waals surface area contributed by atoms with E-state index in [0.29, 0.717) is 11.4 Å². The molecule has 0 saturated heterocycles. The molecule has 1 fully saturated rings. The minimum absolute atomic E-state index is 0.166. The van der Waals surface area contributed by atoms with Gasteiger partial charge in [0, 0.05) is 35.9 Å². The topological polar surface area (TPSA) is 71.1 Å². The number of carbonyl (C=O) groups is 2. The molecule has 2 aliphatic rings. The van der Waals surface area contributed by atoms with E-state index < -0.39 is 5.91 Å². The minimum Gasteiger partial charge on any atom is -0.357 e. The lowest BCUT2D eigenvalue weighted by Gasteiger charge is -2.40. The lowest BCUT2D eigenvalue weighted by atomic mass is 9.66. The average Bonchev–Trinajstić information content (AvgIpc) is 2.96. The third-order valence-electron chi connectivity index (χ3n) is 5.61. The number of anilines is 2. The smallest absolute Gasteiger partial charge is 0.258 e. The number of carbonyl (C=O) groups excluding carboxylic acids is 2. The Morgan fingerprint density at radius 2 is 1.69 bits per heavy atom. The maximum Gasteiger partial charge on any atom is 0.258 e. The lowest BCUT2D eigenvalue weighted by Crippen LogP contribution is -2.42. The molecule has 2 aliphatic carbocycles. The number of nitrogens with one attached hydrogen (secondary N) is 2. The van der Waals surface area contributed by atoms with Crippen molar-refractivity contribution in [3.8, 4) is 0 Å². The zero-order chi connectivity index (χ0) is 20.4. The summed E-state index contributed by atoms with van der Waals surface area (Å²) < 4.78 is 0. The third-order valence-corrected chi connectivity index (χ3v) is 6.19. The molecule has 7 heteroatoms. The normalized spacial score (nSPS) is 17.9. The summed E-state index contributed by atoms with van der Waals surface area (Å²) in [6.07, 6.45) is 10.7. The van der Waals surface area contributed by atoms with Crippen LogP contribution in [-0.2, 0) is 4.79 Å². The summed E-state index contributed by atoms with van der Waals surface area (Å²) in [4.78, 5) is 28.8. The Kier molecular flexibility index (Phi) is 5.61. The molecule has 4 rings (SSSR count). The van der Waals surface area contributed by atoms with Crippen LogP contribution in [-0.4, -0.2) is 16.7 Å². The molecule has 29 heavy (non-hydrogen) atoms. The van der Waals surface area contributed by atoms with Gasteiger partial charge in [0.2, 0.25) is 0 Å². The molecule has 1 radical (unpaired) electrons. The fourth-order valence-electron chi connectivity index (χ4n) is 4.04. The van der Waals surface area contributed by atoms with E-state index in [0.717, 1.165) is 31.4 Å². The van der Waals surface area contributed by atoms with Crippen LogP contribution in [0.1, 0.15) is 48.9 Å². The molecule has 1 amide bonds. The fourth-order valence-corrected chi connectivity index (χ4v) is 4.58. The number of amides is 1. The van der Waals surface area contributed by atoms with Gasteiger partial charge in [-0.05, 0) is 25.0 Å². The first-order valence-corrected chi connectivity index (χ1v) is 10.4. The predicted octanol–water partition coefficient (Wildman–Crippen LogP) is 5.66. The third kappa shape index (κ3) is 3.89. The molecule has 0 aliphatic heterocycles. The fraction of sp³-hybridized carbons (Fsp3) is 0.318. The zero-order valence-electron chi connectivity index (χ0n) is 15.7. The minimum atomic E-state index is -0.436. The van der Waals surface area contributed by atoms with Crippen LogP contribution in [0.2, 0.25) is 10.0 Å². The first-order chi connectivity index (χ1) is 14.0. The largest absolute Gasteiger partial charge is 0.357 e. The number of pyridine rings is 1. The van der Waals surface area contributed by atoms with Crippen LogP contribution >= 0.6 is 23.2 Å². The van der Waals surface area contributed by atoms with E-state index in [-0.39, 0.29) is 26.8 Å². The van der Waals surface area contributed by atoms with Gasteiger partial charge in [-0.2, -0.15) is 0 Å². The van der Waals surface area contributed by atoms with Crippen LogP contribution in [0.15, 0.2) is 42.4 Å². The van der Waals surface area contributed by atoms with E-state index >= 15 is 0 Å². The standard InChI is InChI=1S/C22H20Cl2N3O2/c23-16-12-25-13-17(24)20(16)21(29)27-15-7-5-6-14(10-15)26-18-11-19(28)22(18)8-3-1-2-4-9-22/h5-7,11-13,26H,1-4,8-9H2,(H,27,29). The van der Waals surface area contributed by atoms with Crippen LogP contribution in [0, 0.1) is 11.5 Å². The Bertz CT molecular complexity index is 975. The van der Waals surface area contributed by atoms with Crippen molar-refractivity contribution in [1.29, 1.82) is 0 Å². The first-order valence-electron chi connectivity index (χ1n) is 9.66. The first kappa shape index (κ1) is 19.9. The quantitative estimate of drug-likeness (QED) is 0.658. The molecular formula is C22H20Cl2N3O2. The molecule has 0 unspecified atom stereocenters. The summed E-state index contributed by atoms with van der Waals surface area (Å²) in [7, 11) is 0. The molecule has 2 N–H and O–H groups in total. The maximum absolute atomic E-state index is 12.6. The predicted molar refractivity (Wildman–Crippen MR) is 114 cm³/mol. The second kappa shape index (κ2) is 8.17. The van der Waals surface area contributed by atoms with Crippen LogP contribution in [0.4, 0.5) is 11.4 Å². The van der Waals surface area contributed by atoms with E-state index in [1.165, 1.54) is 25.2 Å². The van der Waals surface area contributed by atoms with Gasteiger partial charge in [0.25, 0.3) is 5.91 Å². The van der Waals surface area contributed by atoms with Gasteiger partial charge in [-0.25, -0.2) is 0 Å². The number of rotatable bonds is 4. The number of halogens is 2. The number of benzene rings is 1. The van der Waals surface area contributed by atoms with Crippen molar-refractivity contribution in [2.24, 2.45) is 5.41 Å². The second-order valence-corrected chi connectivity index (χ2v) is 8.27. The number of allylic oxidation sites excluding steroid dienone is 2. The van der Waals surface area contributed by atoms with Gasteiger partial charge in [0.1, 0.15) is 0 Å². The number of aromatic nitrogens is 1. The molecule has 5 nitrogen and oxygen atoms in total. The monoisotopic (exact) mass is 428 g/mol. The highest BCUT2D eigenvalue weighted by Gasteiger charge is 2.47. The average molecular weight is 429 g/mol. The van der Waals surface area contributed by atoms with Crippen LogP contribution in [0.3, 0.4) is 0 Å². The van der Waals surface area contributed by atoms with Crippen molar-refractivity contribution in [2.45, 2.75) is 38.5 Å². The van der Waals surface area contributed by atoms with Crippen molar-refractivity contribution in [1.82, 2.24) is 4.98 Å². The van der Waals surface area contributed by atoms with E-state index in [1.807, 2.05) is 12.1 Å². The summed E-state index contributed by atoms with van der Waals surface area (Å²) in [5.41, 5.74) is 1.91. The van der Waals surface area contributed by atoms with Crippen molar-refractivity contribution < 1.29 is 9.59 Å². The number of hydrogen-bond acceptors (Lipinski definition) is 4. The van der Waals surface area contributed by atoms with Gasteiger partial charge < -0.3 is 10.6 Å². The molecule has 2 aromatic rings. The Morgan fingerprint density at radius 3 is 2.34 bits per heavy atom. The number of ketones is 1. The summed E-state index contributed by atoms with van der Waals surface area (Å²) >= 11 is 12.1. The van der Waals surface area contributed by atoms with Gasteiger partial charge in [-0.1, -0.05) is 55.0 Å². The van der Waals surface area contributed by atoms with Gasteiger partial charge in [-0.3, -0.25) is 14.6 Å². The molecule has 0 atom stereocenters. The summed E-state index contributed by atoms with van der Waals surface area (Å²) in [6.45, 7) is 0. The van der Waals surface area contributed by atoms with Crippen LogP contribution < -0.4 is 10.6 Å². The van der Waals surface area contributed by atoms with Gasteiger partial charge in [-0.15, -0.1) is 0 Å². The van der Waals surface area contributed by atoms with Gasteiger partial charge >= 0.3 is 0 Å². The van der Waals surface area contributed by atoms with Crippen molar-refractivity contribution in [3.05, 3.63) is 64.0 Å². The van der Waals surface area contributed by atoms with Crippen molar-refractivity contribution in [3.63, 3.8) is 0 Å². The maximum atomic E-state index is 12.6. The molecule has 1 saturated carbocycles. The Morgan fingerprint density at radius 1 is 1.03 bits per heavy atom. The van der Waals surface area contributed by atoms with E-state index in [1.54, 1.807) is 12.1 Å². The SMILES string of the molecule is O=C(Nc1[c]c(NC2=CC(=O)C23CCCCCC3)ccc1)c1c(Cl)cncc1Cl. The van der Waals surface area contributed by atoms with E-state index in [9.17, 15) is 9.59 Å². The molecule has 1 heterocycles. The summed E-state index contributed by atoms with van der Waals surface area (Å²) in [5.74, 6) is -0.220. The van der Waals surface area contributed by atoms with Crippen molar-refractivity contribution in [2.75, 3.05) is 10.6 Å². The number of nitrogens with zero attached hydrogens (tertiary/aromatic N) is 1. The molecule has 1 aromatic carbocycles. The zero-order valence-corrected chi connectivity index (χ0v) is 17.2. The summed E-state index contributed by atoms with van der Waals surface area (Å²) in [5, 5.41) is 6.46. The second-order valence-electron chi connectivity index (χ2n) is 7.45. The highest BCUT2D eigenvalue weighted by Crippen LogP contribution is 2.48. The van der Waals surface area contributed by atoms with Crippen LogP contribution in [0.25, 0.3) is 0 Å². The highest BCUT2D eigenvalue weighted by molar-refractivity contribution is 6.40. The molecular weight excluding hydrogens is 409 g/mol. The Balaban J connectivity index is 1.50. The molecule has 0 bridgehead atoms. The summed E-state index contributed by atoms with van der Waals surface area (Å²) in [6, 6.07) is 8.54. The van der Waals surface area contributed by atoms with E-state index in [4.69, 9.17) is 23.2 Å². The Hall–Kier alpha value is -2.37. The highest BCUT2D eigenvalue weighted by atomic mass is 35.5.